The summed E-state index contributed by atoms with van der Waals surface area (Å²) in [5, 5.41) is 2.65. The number of hydrogen-bond donors (Lipinski definition) is 1. The zero-order chi connectivity index (χ0) is 10.3. The molecule has 3 heteroatoms. The van der Waals surface area contributed by atoms with Crippen LogP contribution >= 0.6 is 0 Å². The van der Waals surface area contributed by atoms with E-state index in [0.717, 1.165) is 5.56 Å². The quantitative estimate of drug-likeness (QED) is 0.496. The van der Waals surface area contributed by atoms with Gasteiger partial charge in [-0.1, -0.05) is 18.7 Å². The van der Waals surface area contributed by atoms with Gasteiger partial charge in [-0.25, -0.2) is 0 Å². The molecule has 1 aliphatic rings. The second kappa shape index (κ2) is 2.80. The van der Waals surface area contributed by atoms with Gasteiger partial charge in [-0.3, -0.25) is 9.59 Å². The summed E-state index contributed by atoms with van der Waals surface area (Å²) in [5.74, 6) is -0.691. The summed E-state index contributed by atoms with van der Waals surface area (Å²) in [6.07, 6.45) is 0. The molecule has 2 rings (SSSR count). The first-order valence-corrected chi connectivity index (χ1v) is 4.26. The van der Waals surface area contributed by atoms with E-state index in [-0.39, 0.29) is 11.4 Å². The molecule has 0 atom stereocenters. The summed E-state index contributed by atoms with van der Waals surface area (Å²) >= 11 is 0. The fraction of sp³-hybridized carbons (Fsp3) is 0.0909. The summed E-state index contributed by atoms with van der Waals surface area (Å²) in [7, 11) is 0. The number of Topliss-reactive ketones (excluding diaryl/α,β-unsaturated/α-hetero) is 1. The number of benzene rings is 1. The molecule has 0 aromatic heterocycles. The van der Waals surface area contributed by atoms with Gasteiger partial charge in [0.2, 0.25) is 0 Å². The number of rotatable bonds is 0. The summed E-state index contributed by atoms with van der Waals surface area (Å²) in [6.45, 7) is 5.29. The van der Waals surface area contributed by atoms with Crippen LogP contribution in [0.25, 0.3) is 0 Å². The number of para-hydroxylation sites is 1. The lowest BCUT2D eigenvalue weighted by molar-refractivity contribution is -0.112. The van der Waals surface area contributed by atoms with Crippen molar-refractivity contribution in [2.45, 2.75) is 6.92 Å². The van der Waals surface area contributed by atoms with Gasteiger partial charge in [0.25, 0.3) is 5.91 Å². The Bertz CT molecular complexity index is 460. The highest BCUT2D eigenvalue weighted by Gasteiger charge is 2.27. The predicted molar refractivity (Wildman–Crippen MR) is 53.3 cm³/mol. The Morgan fingerprint density at radius 2 is 2.00 bits per heavy atom. The minimum atomic E-state index is -0.406. The smallest absolute Gasteiger partial charge is 0.259 e. The molecule has 1 heterocycles. The summed E-state index contributed by atoms with van der Waals surface area (Å²) in [6, 6.07) is 5.33. The molecular formula is C11H9NO2. The van der Waals surface area contributed by atoms with Crippen molar-refractivity contribution in [2.24, 2.45) is 0 Å². The van der Waals surface area contributed by atoms with Gasteiger partial charge in [-0.15, -0.1) is 0 Å². The molecule has 0 spiro atoms. The van der Waals surface area contributed by atoms with Crippen molar-refractivity contribution in [3.05, 3.63) is 41.5 Å². The van der Waals surface area contributed by atoms with E-state index in [2.05, 4.69) is 11.9 Å². The maximum atomic E-state index is 11.6. The fourth-order valence-corrected chi connectivity index (χ4v) is 1.48. The van der Waals surface area contributed by atoms with Gasteiger partial charge in [0.15, 0.2) is 5.78 Å². The number of nitrogens with one attached hydrogen (secondary N) is 1. The molecule has 1 aromatic rings. The summed E-state index contributed by atoms with van der Waals surface area (Å²) < 4.78 is 0. The van der Waals surface area contributed by atoms with Gasteiger partial charge in [-0.2, -0.15) is 0 Å². The van der Waals surface area contributed by atoms with E-state index < -0.39 is 5.91 Å². The molecule has 0 saturated carbocycles. The van der Waals surface area contributed by atoms with Gasteiger partial charge in [0.05, 0.1) is 11.3 Å². The number of fused-ring (bicyclic) bond motifs is 1. The van der Waals surface area contributed by atoms with Gasteiger partial charge in [0, 0.05) is 5.56 Å². The molecule has 14 heavy (non-hydrogen) atoms. The van der Waals surface area contributed by atoms with Crippen molar-refractivity contribution in [1.29, 1.82) is 0 Å². The first-order chi connectivity index (χ1) is 6.61. The average Bonchev–Trinajstić information content (AvgIpc) is 2.17. The zero-order valence-corrected chi connectivity index (χ0v) is 7.76. The molecule has 0 saturated heterocycles. The van der Waals surface area contributed by atoms with E-state index in [1.54, 1.807) is 12.1 Å². The lowest BCUT2D eigenvalue weighted by Crippen LogP contribution is -2.27. The predicted octanol–water partition coefficient (Wildman–Crippen LogP) is 1.69. The van der Waals surface area contributed by atoms with Crippen LogP contribution in [0.3, 0.4) is 0 Å². The van der Waals surface area contributed by atoms with Gasteiger partial charge < -0.3 is 5.32 Å². The van der Waals surface area contributed by atoms with Crippen LogP contribution in [0.4, 0.5) is 5.69 Å². The second-order valence-electron chi connectivity index (χ2n) is 3.26. The Hall–Kier alpha value is -1.90. The van der Waals surface area contributed by atoms with Crippen molar-refractivity contribution in [3.63, 3.8) is 0 Å². The standard InChI is InChI=1S/C11H9NO2/c1-6-4-3-5-8-9(6)12-11(14)7(2)10(8)13/h3-5H,2H2,1H3,(H,12,14). The van der Waals surface area contributed by atoms with E-state index in [0.29, 0.717) is 11.3 Å². The highest BCUT2D eigenvalue weighted by atomic mass is 16.2. The molecule has 0 aliphatic carbocycles. The van der Waals surface area contributed by atoms with Gasteiger partial charge in [0.1, 0.15) is 0 Å². The van der Waals surface area contributed by atoms with Crippen LogP contribution in [0.1, 0.15) is 15.9 Å². The van der Waals surface area contributed by atoms with Crippen LogP contribution < -0.4 is 5.32 Å². The van der Waals surface area contributed by atoms with E-state index in [1.165, 1.54) is 0 Å². The van der Waals surface area contributed by atoms with Crippen LogP contribution in [0, 0.1) is 6.92 Å². The number of aryl methyl sites for hydroxylation is 1. The molecule has 1 aromatic carbocycles. The molecule has 0 unspecified atom stereocenters. The molecule has 0 radical (unpaired) electrons. The van der Waals surface area contributed by atoms with Crippen molar-refractivity contribution in [3.8, 4) is 0 Å². The molecule has 0 bridgehead atoms. The van der Waals surface area contributed by atoms with Gasteiger partial charge >= 0.3 is 0 Å². The average molecular weight is 187 g/mol. The van der Waals surface area contributed by atoms with Crippen molar-refractivity contribution >= 4 is 17.4 Å². The molecule has 70 valence electrons. The minimum absolute atomic E-state index is 0.00287. The van der Waals surface area contributed by atoms with Crippen LogP contribution in [0.5, 0.6) is 0 Å². The third-order valence-corrected chi connectivity index (χ3v) is 2.30. The number of carbonyl (C=O) groups excluding carboxylic acids is 2. The lowest BCUT2D eigenvalue weighted by Gasteiger charge is -2.18. The first-order valence-electron chi connectivity index (χ1n) is 4.26. The van der Waals surface area contributed by atoms with Crippen molar-refractivity contribution in [1.82, 2.24) is 0 Å². The summed E-state index contributed by atoms with van der Waals surface area (Å²) in [4.78, 5) is 22.9. The molecule has 1 aliphatic heterocycles. The SMILES string of the molecule is C=C1C(=O)Nc2c(C)cccc2C1=O. The number of amides is 1. The first kappa shape index (κ1) is 8.69. The zero-order valence-electron chi connectivity index (χ0n) is 7.76. The Morgan fingerprint density at radius 1 is 1.29 bits per heavy atom. The van der Waals surface area contributed by atoms with Crippen LogP contribution in [-0.2, 0) is 4.79 Å². The summed E-state index contributed by atoms with van der Waals surface area (Å²) in [5.41, 5.74) is 2.02. The third kappa shape index (κ3) is 1.06. The maximum absolute atomic E-state index is 11.6. The molecule has 3 nitrogen and oxygen atoms in total. The number of carbonyl (C=O) groups is 2. The van der Waals surface area contributed by atoms with Crippen molar-refractivity contribution in [2.75, 3.05) is 5.32 Å². The Kier molecular flexibility index (Phi) is 1.74. The maximum Gasteiger partial charge on any atom is 0.259 e. The molecule has 0 fully saturated rings. The number of hydrogen-bond acceptors (Lipinski definition) is 2. The second-order valence-corrected chi connectivity index (χ2v) is 3.26. The topological polar surface area (TPSA) is 46.2 Å². The Balaban J connectivity index is 2.67. The van der Waals surface area contributed by atoms with E-state index in [1.807, 2.05) is 13.0 Å². The Labute approximate surface area is 81.4 Å². The normalized spacial score (nSPS) is 15.1. The van der Waals surface area contributed by atoms with E-state index >= 15 is 0 Å². The van der Waals surface area contributed by atoms with E-state index in [9.17, 15) is 9.59 Å². The molecule has 1 N–H and O–H groups in total. The number of ketones is 1. The lowest BCUT2D eigenvalue weighted by atomic mass is 9.96. The number of anilines is 1. The monoisotopic (exact) mass is 187 g/mol. The fourth-order valence-electron chi connectivity index (χ4n) is 1.48. The van der Waals surface area contributed by atoms with Crippen LogP contribution in [0.2, 0.25) is 0 Å². The molecular weight excluding hydrogens is 178 g/mol. The van der Waals surface area contributed by atoms with Crippen LogP contribution in [0.15, 0.2) is 30.4 Å². The minimum Gasteiger partial charge on any atom is -0.321 e. The largest absolute Gasteiger partial charge is 0.321 e. The highest BCUT2D eigenvalue weighted by Crippen LogP contribution is 2.27. The van der Waals surface area contributed by atoms with Gasteiger partial charge in [-0.05, 0) is 18.6 Å². The van der Waals surface area contributed by atoms with Crippen molar-refractivity contribution < 1.29 is 9.59 Å². The molecule has 1 amide bonds. The van der Waals surface area contributed by atoms with E-state index in [4.69, 9.17) is 0 Å². The Morgan fingerprint density at radius 3 is 2.71 bits per heavy atom. The highest BCUT2D eigenvalue weighted by molar-refractivity contribution is 6.33. The third-order valence-electron chi connectivity index (χ3n) is 2.30. The van der Waals surface area contributed by atoms with Crippen LogP contribution in [-0.4, -0.2) is 11.7 Å².